The highest BCUT2D eigenvalue weighted by Crippen LogP contribution is 2.37. The Bertz CT molecular complexity index is 949. The average molecular weight is 461 g/mol. The molecule has 4 N–H and O–H groups in total. The number of rotatable bonds is 7. The van der Waals surface area contributed by atoms with Crippen LogP contribution in [0.1, 0.15) is 61.3 Å². The summed E-state index contributed by atoms with van der Waals surface area (Å²) in [7, 11) is 2.19. The summed E-state index contributed by atoms with van der Waals surface area (Å²) in [5, 5.41) is 6.59. The standard InChI is InChI=1S/C20H24N2.C10H20N2/c1-5-17-7-9-18(10-8-17)14-21-16(4)22-20-12-11-19(6-2)15(3)13-20;1-12-7-5-9-4-2-3-6-10(9,11)8-12/h6-13,21-22H,2,4-5,14H2,1,3H3;9H,2-8,11H2,1H3. The predicted molar refractivity (Wildman–Crippen MR) is 148 cm³/mol. The summed E-state index contributed by atoms with van der Waals surface area (Å²) in [4.78, 5) is 2.39. The number of benzene rings is 2. The minimum Gasteiger partial charge on any atom is -0.368 e. The zero-order valence-corrected chi connectivity index (χ0v) is 21.5. The van der Waals surface area contributed by atoms with Crippen LogP contribution in [-0.4, -0.2) is 30.6 Å². The summed E-state index contributed by atoms with van der Waals surface area (Å²) in [6, 6.07) is 14.8. The lowest BCUT2D eigenvalue weighted by Crippen LogP contribution is -2.59. The Hall–Kier alpha value is -2.56. The maximum Gasteiger partial charge on any atom is 0.0959 e. The van der Waals surface area contributed by atoms with Gasteiger partial charge < -0.3 is 21.3 Å². The number of aryl methyl sites for hydroxylation is 2. The van der Waals surface area contributed by atoms with Crippen molar-refractivity contribution in [3.8, 4) is 0 Å². The van der Waals surface area contributed by atoms with Crippen molar-refractivity contribution in [3.63, 3.8) is 0 Å². The molecule has 34 heavy (non-hydrogen) atoms. The molecule has 4 heteroatoms. The number of hydrogen-bond acceptors (Lipinski definition) is 4. The van der Waals surface area contributed by atoms with E-state index in [-0.39, 0.29) is 5.54 Å². The molecule has 2 aromatic carbocycles. The molecule has 0 radical (unpaired) electrons. The first-order valence-electron chi connectivity index (χ1n) is 12.8. The maximum absolute atomic E-state index is 6.41. The monoisotopic (exact) mass is 460 g/mol. The fourth-order valence-electron chi connectivity index (χ4n) is 5.24. The zero-order valence-electron chi connectivity index (χ0n) is 21.5. The van der Waals surface area contributed by atoms with E-state index in [4.69, 9.17) is 5.73 Å². The quantitative estimate of drug-likeness (QED) is 0.468. The van der Waals surface area contributed by atoms with Gasteiger partial charge in [-0.25, -0.2) is 0 Å². The summed E-state index contributed by atoms with van der Waals surface area (Å²) < 4.78 is 0. The van der Waals surface area contributed by atoms with Gasteiger partial charge in [-0.1, -0.05) is 69.3 Å². The Balaban J connectivity index is 0.000000226. The number of likely N-dealkylation sites (tertiary alicyclic amines) is 1. The second kappa shape index (κ2) is 12.2. The molecule has 1 aliphatic heterocycles. The first-order valence-corrected chi connectivity index (χ1v) is 12.8. The summed E-state index contributed by atoms with van der Waals surface area (Å²) in [6.45, 7) is 15.2. The molecule has 1 saturated heterocycles. The number of likely N-dealkylation sites (N-methyl/N-ethyl adjacent to an activating group) is 1. The van der Waals surface area contributed by atoms with Gasteiger partial charge in [-0.05, 0) is 86.5 Å². The average Bonchev–Trinajstić information content (AvgIpc) is 2.83. The van der Waals surface area contributed by atoms with E-state index in [1.54, 1.807) is 0 Å². The molecule has 2 aromatic rings. The number of nitrogens with one attached hydrogen (secondary N) is 2. The molecule has 184 valence electrons. The normalized spacial score (nSPS) is 22.1. The third-order valence-electron chi connectivity index (χ3n) is 7.40. The number of nitrogens with zero attached hydrogens (tertiary/aromatic N) is 1. The predicted octanol–water partition coefficient (Wildman–Crippen LogP) is 6.08. The number of hydrogen-bond donors (Lipinski definition) is 3. The minimum absolute atomic E-state index is 0.172. The summed E-state index contributed by atoms with van der Waals surface area (Å²) in [5.41, 5.74) is 12.6. The van der Waals surface area contributed by atoms with Crippen LogP contribution in [0.4, 0.5) is 5.69 Å². The van der Waals surface area contributed by atoms with Crippen molar-refractivity contribution in [2.45, 2.75) is 64.5 Å². The third kappa shape index (κ3) is 7.22. The van der Waals surface area contributed by atoms with E-state index in [1.165, 1.54) is 55.3 Å². The van der Waals surface area contributed by atoms with Gasteiger partial charge in [-0.3, -0.25) is 0 Å². The number of fused-ring (bicyclic) bond motifs is 1. The summed E-state index contributed by atoms with van der Waals surface area (Å²) in [5.74, 6) is 1.62. The molecule has 0 spiro atoms. The van der Waals surface area contributed by atoms with E-state index in [9.17, 15) is 0 Å². The minimum atomic E-state index is 0.172. The van der Waals surface area contributed by atoms with Crippen molar-refractivity contribution in [1.82, 2.24) is 10.2 Å². The first-order chi connectivity index (χ1) is 16.3. The largest absolute Gasteiger partial charge is 0.368 e. The van der Waals surface area contributed by atoms with E-state index in [2.05, 4.69) is 86.0 Å². The molecule has 4 rings (SSSR count). The fourth-order valence-corrected chi connectivity index (χ4v) is 5.24. The molecule has 0 bridgehead atoms. The summed E-state index contributed by atoms with van der Waals surface area (Å²) >= 11 is 0. The maximum atomic E-state index is 6.41. The summed E-state index contributed by atoms with van der Waals surface area (Å²) in [6.07, 6.45) is 9.65. The lowest BCUT2D eigenvalue weighted by atomic mass is 9.70. The van der Waals surface area contributed by atoms with Crippen LogP contribution < -0.4 is 16.4 Å². The molecule has 1 saturated carbocycles. The van der Waals surface area contributed by atoms with Crippen molar-refractivity contribution in [3.05, 3.63) is 83.7 Å². The molecule has 2 unspecified atom stereocenters. The Labute approximate surface area is 207 Å². The third-order valence-corrected chi connectivity index (χ3v) is 7.40. The molecule has 4 nitrogen and oxygen atoms in total. The smallest absolute Gasteiger partial charge is 0.0959 e. The Kier molecular flexibility index (Phi) is 9.37. The second-order valence-electron chi connectivity index (χ2n) is 10.1. The van der Waals surface area contributed by atoms with E-state index >= 15 is 0 Å². The fraction of sp³-hybridized carbons (Fsp3) is 0.467. The van der Waals surface area contributed by atoms with Gasteiger partial charge in [-0.15, -0.1) is 0 Å². The van der Waals surface area contributed by atoms with Crippen molar-refractivity contribution in [2.75, 3.05) is 25.5 Å². The van der Waals surface area contributed by atoms with Crippen LogP contribution in [-0.2, 0) is 13.0 Å². The molecule has 2 atom stereocenters. The van der Waals surface area contributed by atoms with Crippen molar-refractivity contribution < 1.29 is 0 Å². The lowest BCUT2D eigenvalue weighted by molar-refractivity contribution is 0.0751. The van der Waals surface area contributed by atoms with Gasteiger partial charge in [0.1, 0.15) is 0 Å². The van der Waals surface area contributed by atoms with Crippen LogP contribution in [0.25, 0.3) is 6.08 Å². The second-order valence-corrected chi connectivity index (χ2v) is 10.1. The Morgan fingerprint density at radius 2 is 1.88 bits per heavy atom. The van der Waals surface area contributed by atoms with E-state index in [1.807, 2.05) is 12.1 Å². The van der Waals surface area contributed by atoms with Gasteiger partial charge in [0.2, 0.25) is 0 Å². The molecule has 2 fully saturated rings. The topological polar surface area (TPSA) is 53.3 Å². The first kappa shape index (κ1) is 26.1. The van der Waals surface area contributed by atoms with Crippen LogP contribution >= 0.6 is 0 Å². The number of nitrogens with two attached hydrogens (primary N) is 1. The van der Waals surface area contributed by atoms with Crippen LogP contribution in [0.15, 0.2) is 61.4 Å². The molecular weight excluding hydrogens is 416 g/mol. The van der Waals surface area contributed by atoms with Gasteiger partial charge in [0.05, 0.1) is 5.82 Å². The highest BCUT2D eigenvalue weighted by Gasteiger charge is 2.40. The SMILES string of the molecule is C=Cc1ccc(NC(=C)NCc2ccc(CC)cc2)cc1C.CN1CCC2CCCCC2(N)C1. The Morgan fingerprint density at radius 1 is 1.15 bits per heavy atom. The van der Waals surface area contributed by atoms with Gasteiger partial charge >= 0.3 is 0 Å². The van der Waals surface area contributed by atoms with Crippen LogP contribution in [0, 0.1) is 12.8 Å². The molecule has 0 amide bonds. The highest BCUT2D eigenvalue weighted by molar-refractivity contribution is 5.59. The van der Waals surface area contributed by atoms with Crippen LogP contribution in [0.3, 0.4) is 0 Å². The van der Waals surface area contributed by atoms with Gasteiger partial charge in [-0.2, -0.15) is 0 Å². The molecule has 1 aliphatic carbocycles. The molecule has 2 aliphatic rings. The van der Waals surface area contributed by atoms with Crippen molar-refractivity contribution in [2.24, 2.45) is 11.7 Å². The number of anilines is 1. The lowest BCUT2D eigenvalue weighted by Gasteiger charge is -2.48. The zero-order chi connectivity index (χ0) is 24.6. The van der Waals surface area contributed by atoms with E-state index in [0.717, 1.165) is 42.5 Å². The van der Waals surface area contributed by atoms with Crippen LogP contribution in [0.2, 0.25) is 0 Å². The molecule has 0 aromatic heterocycles. The van der Waals surface area contributed by atoms with Crippen LogP contribution in [0.5, 0.6) is 0 Å². The van der Waals surface area contributed by atoms with Gasteiger partial charge in [0.15, 0.2) is 0 Å². The van der Waals surface area contributed by atoms with E-state index < -0.39 is 0 Å². The van der Waals surface area contributed by atoms with Gasteiger partial charge in [0, 0.05) is 24.3 Å². The van der Waals surface area contributed by atoms with Crippen molar-refractivity contribution >= 4 is 11.8 Å². The molecular formula is C30H44N4. The molecule has 1 heterocycles. The Morgan fingerprint density at radius 3 is 2.56 bits per heavy atom. The van der Waals surface area contributed by atoms with Gasteiger partial charge in [0.25, 0.3) is 0 Å². The van der Waals surface area contributed by atoms with Crippen molar-refractivity contribution in [1.29, 1.82) is 0 Å². The van der Waals surface area contributed by atoms with E-state index in [0.29, 0.717) is 0 Å². The number of piperidine rings is 1. The highest BCUT2D eigenvalue weighted by atomic mass is 15.1.